The van der Waals surface area contributed by atoms with Crippen LogP contribution >= 0.6 is 11.3 Å². The van der Waals surface area contributed by atoms with Crippen molar-refractivity contribution >= 4 is 70.3 Å². The summed E-state index contributed by atoms with van der Waals surface area (Å²) in [5.74, 6) is 0. The Morgan fingerprint density at radius 1 is 0.404 bits per heavy atom. The zero-order chi connectivity index (χ0) is 37.5. The van der Waals surface area contributed by atoms with Gasteiger partial charge in [0.1, 0.15) is 0 Å². The topological polar surface area (TPSA) is 9.86 Å². The van der Waals surface area contributed by atoms with E-state index >= 15 is 0 Å². The number of aryl methyl sites for hydroxylation is 1. The third-order valence-corrected chi connectivity index (χ3v) is 13.2. The minimum atomic E-state index is 1.02. The van der Waals surface area contributed by atoms with Gasteiger partial charge in [-0.05, 0) is 106 Å². The second kappa shape index (κ2) is 12.8. The van der Waals surface area contributed by atoms with Crippen molar-refractivity contribution in [2.24, 2.45) is 0 Å². The van der Waals surface area contributed by atoms with Crippen LogP contribution in [0, 0.1) is 0 Å². The van der Waals surface area contributed by atoms with Gasteiger partial charge in [-0.2, -0.15) is 0 Å². The Labute approximate surface area is 334 Å². The molecule has 0 spiro atoms. The SMILES string of the molecule is C1=Cc2c(c3cc4c(cc3n2-c2cccc(-c3ccc(-c5ccccc5)cc3)c2)c2ccccc2n4-c2cccc(-c3cccc4c3sc3ccccc34)c2)CC1. The third-order valence-electron chi connectivity index (χ3n) is 12.0. The van der Waals surface area contributed by atoms with Gasteiger partial charge in [-0.15, -0.1) is 11.3 Å². The van der Waals surface area contributed by atoms with E-state index in [4.69, 9.17) is 0 Å². The predicted molar refractivity (Wildman–Crippen MR) is 244 cm³/mol. The minimum Gasteiger partial charge on any atom is -0.310 e. The number of fused-ring (bicyclic) bond motifs is 9. The van der Waals surface area contributed by atoms with Crippen molar-refractivity contribution in [3.05, 3.63) is 199 Å². The van der Waals surface area contributed by atoms with E-state index in [1.54, 1.807) is 0 Å². The van der Waals surface area contributed by atoms with Crippen molar-refractivity contribution in [1.82, 2.24) is 9.13 Å². The largest absolute Gasteiger partial charge is 0.310 e. The Morgan fingerprint density at radius 3 is 1.88 bits per heavy atom. The van der Waals surface area contributed by atoms with Gasteiger partial charge in [0.15, 0.2) is 0 Å². The molecule has 1 aliphatic rings. The van der Waals surface area contributed by atoms with Gasteiger partial charge in [-0.1, -0.05) is 140 Å². The fourth-order valence-electron chi connectivity index (χ4n) is 9.35. The zero-order valence-corrected chi connectivity index (χ0v) is 32.0. The van der Waals surface area contributed by atoms with E-state index < -0.39 is 0 Å². The fraction of sp³-hybridized carbons (Fsp3) is 0.0370. The van der Waals surface area contributed by atoms with Gasteiger partial charge in [0, 0.05) is 53.4 Å². The van der Waals surface area contributed by atoms with Crippen LogP contribution in [0.3, 0.4) is 0 Å². The molecule has 2 nitrogen and oxygen atoms in total. The molecule has 3 heterocycles. The number of thiophene rings is 1. The lowest BCUT2D eigenvalue weighted by molar-refractivity contribution is 0.968. The summed E-state index contributed by atoms with van der Waals surface area (Å²) in [5, 5.41) is 6.52. The van der Waals surface area contributed by atoms with Crippen LogP contribution in [0.2, 0.25) is 0 Å². The second-order valence-corrected chi connectivity index (χ2v) is 16.3. The molecule has 57 heavy (non-hydrogen) atoms. The second-order valence-electron chi connectivity index (χ2n) is 15.2. The molecule has 0 radical (unpaired) electrons. The highest BCUT2D eigenvalue weighted by Crippen LogP contribution is 2.43. The van der Waals surface area contributed by atoms with Crippen molar-refractivity contribution in [3.8, 4) is 44.8 Å². The molecule has 8 aromatic carbocycles. The molecule has 0 fully saturated rings. The van der Waals surface area contributed by atoms with Gasteiger partial charge in [0.2, 0.25) is 0 Å². The summed E-state index contributed by atoms with van der Waals surface area (Å²) in [7, 11) is 0. The van der Waals surface area contributed by atoms with E-state index in [9.17, 15) is 0 Å². The van der Waals surface area contributed by atoms with Crippen LogP contribution in [-0.2, 0) is 6.42 Å². The standard InChI is InChI=1S/C54H36N2S/c1-2-13-35(14-3-1)36-27-29-37(30-28-36)38-15-10-17-40(31-38)55-49-24-7-4-19-43(49)47-34-52-48(33-51(47)55)44-20-5-8-25-50(44)56(52)41-18-11-16-39(32-41)42-22-12-23-46-45-21-6-9-26-53(45)57-54(42)46/h1-3,5-18,20-34H,4,19H2. The first-order valence-corrected chi connectivity index (χ1v) is 20.6. The van der Waals surface area contributed by atoms with E-state index in [0.29, 0.717) is 0 Å². The van der Waals surface area contributed by atoms with Crippen molar-refractivity contribution in [3.63, 3.8) is 0 Å². The molecule has 0 aliphatic heterocycles. The van der Waals surface area contributed by atoms with Crippen molar-refractivity contribution in [1.29, 1.82) is 0 Å². The first-order chi connectivity index (χ1) is 28.3. The molecule has 11 aromatic rings. The molecule has 0 atom stereocenters. The van der Waals surface area contributed by atoms with Gasteiger partial charge in [0.05, 0.1) is 16.6 Å². The molecular formula is C54H36N2S. The number of benzene rings is 8. The lowest BCUT2D eigenvalue weighted by atomic mass is 9.99. The van der Waals surface area contributed by atoms with Crippen molar-refractivity contribution in [2.75, 3.05) is 0 Å². The molecule has 0 N–H and O–H groups in total. The van der Waals surface area contributed by atoms with Crippen molar-refractivity contribution < 1.29 is 0 Å². The summed E-state index contributed by atoms with van der Waals surface area (Å²) in [5.41, 5.74) is 16.2. The number of hydrogen-bond acceptors (Lipinski definition) is 1. The first-order valence-electron chi connectivity index (χ1n) is 19.8. The van der Waals surface area contributed by atoms with E-state index in [1.165, 1.54) is 109 Å². The molecule has 0 bridgehead atoms. The summed E-state index contributed by atoms with van der Waals surface area (Å²) in [4.78, 5) is 0. The molecule has 268 valence electrons. The Bertz CT molecular complexity index is 3390. The van der Waals surface area contributed by atoms with Crippen LogP contribution in [0.15, 0.2) is 188 Å². The van der Waals surface area contributed by atoms with Gasteiger partial charge in [-0.3, -0.25) is 0 Å². The molecular weight excluding hydrogens is 709 g/mol. The van der Waals surface area contributed by atoms with Crippen molar-refractivity contribution in [2.45, 2.75) is 12.8 Å². The molecule has 12 rings (SSSR count). The highest BCUT2D eigenvalue weighted by molar-refractivity contribution is 7.26. The lowest BCUT2D eigenvalue weighted by Gasteiger charge is -2.14. The van der Waals surface area contributed by atoms with E-state index in [2.05, 4.69) is 203 Å². The van der Waals surface area contributed by atoms with Crippen LogP contribution in [-0.4, -0.2) is 9.13 Å². The summed E-state index contributed by atoms with van der Waals surface area (Å²) >= 11 is 1.89. The Morgan fingerprint density at radius 2 is 1.02 bits per heavy atom. The smallest absolute Gasteiger partial charge is 0.0548 e. The van der Waals surface area contributed by atoms with Crippen LogP contribution in [0.4, 0.5) is 0 Å². The molecule has 0 amide bonds. The Kier molecular flexibility index (Phi) is 7.26. The quantitative estimate of drug-likeness (QED) is 0.166. The minimum absolute atomic E-state index is 1.02. The molecule has 0 saturated heterocycles. The Balaban J connectivity index is 1.03. The Hall–Kier alpha value is -6.94. The lowest BCUT2D eigenvalue weighted by Crippen LogP contribution is -2.00. The predicted octanol–water partition coefficient (Wildman–Crippen LogP) is 15.1. The monoisotopic (exact) mass is 744 g/mol. The summed E-state index contributed by atoms with van der Waals surface area (Å²) in [6.45, 7) is 0. The van der Waals surface area contributed by atoms with Gasteiger partial charge >= 0.3 is 0 Å². The summed E-state index contributed by atoms with van der Waals surface area (Å²) in [6.07, 6.45) is 6.75. The zero-order valence-electron chi connectivity index (χ0n) is 31.2. The highest BCUT2D eigenvalue weighted by Gasteiger charge is 2.22. The van der Waals surface area contributed by atoms with Gasteiger partial charge in [-0.25, -0.2) is 0 Å². The number of hydrogen-bond donors (Lipinski definition) is 0. The third kappa shape index (κ3) is 5.09. The molecule has 0 unspecified atom stereocenters. The average Bonchev–Trinajstić information content (AvgIpc) is 3.93. The molecule has 3 aromatic heterocycles. The highest BCUT2D eigenvalue weighted by atomic mass is 32.1. The van der Waals surface area contributed by atoms with Crippen LogP contribution in [0.25, 0.3) is 104 Å². The van der Waals surface area contributed by atoms with E-state index in [0.717, 1.165) is 12.8 Å². The summed E-state index contributed by atoms with van der Waals surface area (Å²) < 4.78 is 7.66. The van der Waals surface area contributed by atoms with Crippen LogP contribution in [0.5, 0.6) is 0 Å². The van der Waals surface area contributed by atoms with E-state index in [-0.39, 0.29) is 0 Å². The number of nitrogens with zero attached hydrogens (tertiary/aromatic N) is 2. The molecule has 0 saturated carbocycles. The summed E-state index contributed by atoms with van der Waals surface area (Å²) in [6, 6.07) is 67.1. The maximum absolute atomic E-state index is 2.50. The molecule has 3 heteroatoms. The number of rotatable bonds is 5. The maximum Gasteiger partial charge on any atom is 0.0548 e. The van der Waals surface area contributed by atoms with Gasteiger partial charge in [0.25, 0.3) is 0 Å². The normalized spacial score (nSPS) is 12.7. The maximum atomic E-state index is 2.50. The van der Waals surface area contributed by atoms with Crippen LogP contribution < -0.4 is 0 Å². The van der Waals surface area contributed by atoms with Crippen LogP contribution in [0.1, 0.15) is 17.7 Å². The number of aromatic nitrogens is 2. The number of para-hydroxylation sites is 1. The average molecular weight is 745 g/mol. The first kappa shape index (κ1) is 32.3. The van der Waals surface area contributed by atoms with Gasteiger partial charge < -0.3 is 9.13 Å². The number of allylic oxidation sites excluding steroid dienone is 1. The van der Waals surface area contributed by atoms with E-state index in [1.807, 2.05) is 11.3 Å². The molecule has 1 aliphatic carbocycles. The fourth-order valence-corrected chi connectivity index (χ4v) is 10.6.